The highest BCUT2D eigenvalue weighted by molar-refractivity contribution is 7.89. The number of carbonyl (C=O) groups is 1. The Hall–Kier alpha value is -2.73. The molecule has 0 unspecified atom stereocenters. The molecule has 2 aliphatic rings. The van der Waals surface area contributed by atoms with Crippen molar-refractivity contribution in [2.45, 2.75) is 31.6 Å². The van der Waals surface area contributed by atoms with Gasteiger partial charge < -0.3 is 15.0 Å². The molecule has 2 aromatic carbocycles. The number of amides is 1. The summed E-state index contributed by atoms with van der Waals surface area (Å²) in [5.41, 5.74) is 1.39. The van der Waals surface area contributed by atoms with E-state index in [-0.39, 0.29) is 10.8 Å². The van der Waals surface area contributed by atoms with Gasteiger partial charge in [-0.3, -0.25) is 9.69 Å². The summed E-state index contributed by atoms with van der Waals surface area (Å²) >= 11 is 1.69. The summed E-state index contributed by atoms with van der Waals surface area (Å²) in [6.45, 7) is 10.7. The van der Waals surface area contributed by atoms with E-state index in [0.717, 1.165) is 66.7 Å². The van der Waals surface area contributed by atoms with Gasteiger partial charge >= 0.3 is 0 Å². The molecule has 1 aromatic heterocycles. The summed E-state index contributed by atoms with van der Waals surface area (Å²) in [6.07, 6.45) is 1.76. The molecular weight excluding hydrogens is 534 g/mol. The van der Waals surface area contributed by atoms with Gasteiger partial charge in [0.15, 0.2) is 5.13 Å². The summed E-state index contributed by atoms with van der Waals surface area (Å²) in [4.78, 5) is 22.4. The number of sulfonamides is 1. The summed E-state index contributed by atoms with van der Waals surface area (Å²) in [7, 11) is -3.52. The first-order valence-corrected chi connectivity index (χ1v) is 16.0. The predicted molar refractivity (Wildman–Crippen MR) is 155 cm³/mol. The fourth-order valence-corrected chi connectivity index (χ4v) is 7.57. The molecule has 11 heteroatoms. The number of fused-ring (bicyclic) bond motifs is 1. The van der Waals surface area contributed by atoms with Crippen LogP contribution in [0.25, 0.3) is 10.2 Å². The van der Waals surface area contributed by atoms with Crippen LogP contribution in [0, 0.1) is 5.92 Å². The lowest BCUT2D eigenvalue weighted by Gasteiger charge is -2.34. The number of anilines is 1. The van der Waals surface area contributed by atoms with Crippen molar-refractivity contribution < 1.29 is 17.9 Å². The smallest absolute Gasteiger partial charge is 0.251 e. The molecule has 0 radical (unpaired) electrons. The van der Waals surface area contributed by atoms with E-state index in [1.165, 1.54) is 0 Å². The third-order valence-electron chi connectivity index (χ3n) is 7.52. The van der Waals surface area contributed by atoms with E-state index in [1.54, 1.807) is 39.9 Å². The maximum atomic E-state index is 12.9. The van der Waals surface area contributed by atoms with E-state index in [1.807, 2.05) is 19.1 Å². The van der Waals surface area contributed by atoms with Gasteiger partial charge in [-0.25, -0.2) is 13.4 Å². The molecule has 2 aliphatic heterocycles. The van der Waals surface area contributed by atoms with Crippen molar-refractivity contribution in [1.82, 2.24) is 19.5 Å². The number of nitrogens with zero attached hydrogens (tertiary/aromatic N) is 4. The Kier molecular flexibility index (Phi) is 8.70. The Balaban J connectivity index is 1.08. The molecular formula is C28H37N5O4S2. The van der Waals surface area contributed by atoms with Gasteiger partial charge in [0.25, 0.3) is 5.91 Å². The molecule has 0 saturated carbocycles. The SMILES string of the molecule is CCOc1cccc2sc(N3CCN(CCNC(=O)c4ccc(S(=O)(=O)N5CCC(C)CC5)cc4)CC3)nc12. The second-order valence-corrected chi connectivity index (χ2v) is 13.2. The maximum absolute atomic E-state index is 12.9. The van der Waals surface area contributed by atoms with Crippen LogP contribution in [0.15, 0.2) is 47.4 Å². The normalized spacial score (nSPS) is 17.9. The largest absolute Gasteiger partial charge is 0.492 e. The lowest BCUT2D eigenvalue weighted by Crippen LogP contribution is -2.48. The Morgan fingerprint density at radius 1 is 1.05 bits per heavy atom. The number of carbonyl (C=O) groups excluding carboxylic acids is 1. The van der Waals surface area contributed by atoms with Crippen LogP contribution >= 0.6 is 11.3 Å². The van der Waals surface area contributed by atoms with Crippen molar-refractivity contribution in [1.29, 1.82) is 0 Å². The fraction of sp³-hybridized carbons (Fsp3) is 0.500. The molecule has 5 rings (SSSR count). The standard InChI is InChI=1S/C28H37N5O4S2/c1-3-37-24-5-4-6-25-26(24)30-28(38-25)32-19-17-31(18-20-32)16-13-29-27(34)22-7-9-23(10-8-22)39(35,36)33-14-11-21(2)12-15-33/h4-10,21H,3,11-20H2,1-2H3,(H,29,34). The second kappa shape index (κ2) is 12.2. The van der Waals surface area contributed by atoms with E-state index in [2.05, 4.69) is 28.1 Å². The van der Waals surface area contributed by atoms with E-state index in [4.69, 9.17) is 9.72 Å². The molecule has 3 aromatic rings. The monoisotopic (exact) mass is 571 g/mol. The Morgan fingerprint density at radius 2 is 1.77 bits per heavy atom. The number of hydrogen-bond acceptors (Lipinski definition) is 8. The first kappa shape index (κ1) is 27.8. The van der Waals surface area contributed by atoms with Crippen LogP contribution in [-0.4, -0.2) is 87.5 Å². The predicted octanol–water partition coefficient (Wildman–Crippen LogP) is 3.67. The molecule has 0 bridgehead atoms. The van der Waals surface area contributed by atoms with Gasteiger partial charge in [-0.2, -0.15) is 4.31 Å². The van der Waals surface area contributed by atoms with Gasteiger partial charge in [-0.05, 0) is 62.1 Å². The zero-order valence-corrected chi connectivity index (χ0v) is 24.3. The number of thiazole rings is 1. The number of piperidine rings is 1. The van der Waals surface area contributed by atoms with Crippen LogP contribution < -0.4 is 15.0 Å². The highest BCUT2D eigenvalue weighted by atomic mass is 32.2. The van der Waals surface area contributed by atoms with E-state index >= 15 is 0 Å². The topological polar surface area (TPSA) is 95.1 Å². The molecule has 0 spiro atoms. The van der Waals surface area contributed by atoms with Crippen LogP contribution in [0.3, 0.4) is 0 Å². The number of piperazine rings is 1. The van der Waals surface area contributed by atoms with Gasteiger partial charge in [-0.1, -0.05) is 24.3 Å². The number of rotatable bonds is 9. The van der Waals surface area contributed by atoms with Crippen molar-refractivity contribution in [2.75, 3.05) is 63.9 Å². The van der Waals surface area contributed by atoms with Crippen molar-refractivity contribution in [3.63, 3.8) is 0 Å². The zero-order chi connectivity index (χ0) is 27.4. The van der Waals surface area contributed by atoms with Crippen molar-refractivity contribution in [3.05, 3.63) is 48.0 Å². The lowest BCUT2D eigenvalue weighted by molar-refractivity contribution is 0.0947. The van der Waals surface area contributed by atoms with Crippen LogP contribution in [0.4, 0.5) is 5.13 Å². The molecule has 2 fully saturated rings. The quantitative estimate of drug-likeness (QED) is 0.419. The second-order valence-electron chi connectivity index (χ2n) is 10.2. The van der Waals surface area contributed by atoms with Crippen LogP contribution in [0.5, 0.6) is 5.75 Å². The Labute approximate surface area is 234 Å². The van der Waals surface area contributed by atoms with Crippen molar-refractivity contribution >= 4 is 42.6 Å². The number of benzene rings is 2. The lowest BCUT2D eigenvalue weighted by atomic mass is 10.0. The van der Waals surface area contributed by atoms with Crippen LogP contribution in [-0.2, 0) is 10.0 Å². The summed E-state index contributed by atoms with van der Waals surface area (Å²) in [6, 6.07) is 12.3. The third kappa shape index (κ3) is 6.37. The molecule has 210 valence electrons. The average molecular weight is 572 g/mol. The van der Waals surface area contributed by atoms with Gasteiger partial charge in [0.05, 0.1) is 16.2 Å². The minimum Gasteiger partial charge on any atom is -0.492 e. The van der Waals surface area contributed by atoms with E-state index < -0.39 is 10.0 Å². The first-order chi connectivity index (χ1) is 18.8. The number of hydrogen-bond donors (Lipinski definition) is 1. The van der Waals surface area contributed by atoms with Crippen LogP contribution in [0.2, 0.25) is 0 Å². The highest BCUT2D eigenvalue weighted by Gasteiger charge is 2.28. The summed E-state index contributed by atoms with van der Waals surface area (Å²) in [5, 5.41) is 3.99. The number of nitrogens with one attached hydrogen (secondary N) is 1. The zero-order valence-electron chi connectivity index (χ0n) is 22.6. The van der Waals surface area contributed by atoms with Gasteiger partial charge in [0.1, 0.15) is 11.3 Å². The number of ether oxygens (including phenoxy) is 1. The average Bonchev–Trinajstić information content (AvgIpc) is 3.39. The van der Waals surface area contributed by atoms with E-state index in [9.17, 15) is 13.2 Å². The highest BCUT2D eigenvalue weighted by Crippen LogP contribution is 2.34. The molecule has 2 saturated heterocycles. The minimum atomic E-state index is -3.52. The molecule has 3 heterocycles. The number of para-hydroxylation sites is 1. The van der Waals surface area contributed by atoms with Gasteiger partial charge in [0.2, 0.25) is 10.0 Å². The fourth-order valence-electron chi connectivity index (χ4n) is 5.06. The van der Waals surface area contributed by atoms with Crippen molar-refractivity contribution in [3.8, 4) is 5.75 Å². The molecule has 39 heavy (non-hydrogen) atoms. The third-order valence-corrected chi connectivity index (χ3v) is 10.5. The number of aromatic nitrogens is 1. The molecule has 0 aliphatic carbocycles. The maximum Gasteiger partial charge on any atom is 0.251 e. The van der Waals surface area contributed by atoms with Gasteiger partial charge in [0, 0.05) is 57.9 Å². The molecule has 9 nitrogen and oxygen atoms in total. The molecule has 0 atom stereocenters. The Bertz CT molecular complexity index is 1380. The Morgan fingerprint density at radius 3 is 2.46 bits per heavy atom. The summed E-state index contributed by atoms with van der Waals surface area (Å²) < 4.78 is 34.3. The minimum absolute atomic E-state index is 0.191. The van der Waals surface area contributed by atoms with Crippen LogP contribution in [0.1, 0.15) is 37.0 Å². The van der Waals surface area contributed by atoms with Crippen molar-refractivity contribution in [2.24, 2.45) is 5.92 Å². The molecule has 1 N–H and O–H groups in total. The molecule has 1 amide bonds. The van der Waals surface area contributed by atoms with E-state index in [0.29, 0.717) is 37.7 Å². The summed E-state index contributed by atoms with van der Waals surface area (Å²) in [5.74, 6) is 1.20. The van der Waals surface area contributed by atoms with Gasteiger partial charge in [-0.15, -0.1) is 0 Å². The first-order valence-electron chi connectivity index (χ1n) is 13.7.